The van der Waals surface area contributed by atoms with Crippen molar-refractivity contribution in [3.05, 3.63) is 0 Å². The van der Waals surface area contributed by atoms with Crippen LogP contribution in [0.2, 0.25) is 0 Å². The second-order valence-electron chi connectivity index (χ2n) is 5.85. The first-order valence-corrected chi connectivity index (χ1v) is 8.34. The fourth-order valence-corrected chi connectivity index (χ4v) is 3.58. The van der Waals surface area contributed by atoms with Gasteiger partial charge in [-0.05, 0) is 20.9 Å². The van der Waals surface area contributed by atoms with E-state index in [1.54, 1.807) is 42.5 Å². The zero-order chi connectivity index (χ0) is 14.4. The number of hydrogen-bond acceptors (Lipinski definition) is 5. The van der Waals surface area contributed by atoms with Crippen molar-refractivity contribution in [3.63, 3.8) is 0 Å². The standard InChI is InChI=1S/C12H26N2O2S2/c1-11(2,3)18-17-7-9(13-6)10(16)14-12(4,5)8-15/h9,13,15H,7-8H2,1-6H3,(H,14,16). The van der Waals surface area contributed by atoms with Crippen LogP contribution in [0.15, 0.2) is 0 Å². The molecule has 6 heteroatoms. The minimum Gasteiger partial charge on any atom is -0.394 e. The summed E-state index contributed by atoms with van der Waals surface area (Å²) in [6.07, 6.45) is 0. The molecule has 4 nitrogen and oxygen atoms in total. The number of rotatable bonds is 7. The van der Waals surface area contributed by atoms with Crippen LogP contribution >= 0.6 is 21.6 Å². The van der Waals surface area contributed by atoms with Crippen molar-refractivity contribution in [2.45, 2.75) is 50.9 Å². The number of nitrogens with one attached hydrogen (secondary N) is 2. The van der Waals surface area contributed by atoms with E-state index >= 15 is 0 Å². The maximum absolute atomic E-state index is 12.0. The molecule has 108 valence electrons. The summed E-state index contributed by atoms with van der Waals surface area (Å²) in [7, 11) is 5.23. The van der Waals surface area contributed by atoms with Crippen molar-refractivity contribution in [2.24, 2.45) is 0 Å². The highest BCUT2D eigenvalue weighted by molar-refractivity contribution is 8.77. The summed E-state index contributed by atoms with van der Waals surface area (Å²) in [6, 6.07) is -0.240. The zero-order valence-electron chi connectivity index (χ0n) is 12.2. The molecule has 0 aromatic carbocycles. The van der Waals surface area contributed by atoms with Crippen LogP contribution in [0.3, 0.4) is 0 Å². The lowest BCUT2D eigenvalue weighted by molar-refractivity contribution is -0.124. The molecule has 0 aliphatic carbocycles. The topological polar surface area (TPSA) is 61.4 Å². The third-order valence-electron chi connectivity index (χ3n) is 2.07. The molecular weight excluding hydrogens is 268 g/mol. The van der Waals surface area contributed by atoms with E-state index in [0.717, 1.165) is 0 Å². The van der Waals surface area contributed by atoms with Crippen LogP contribution in [0.4, 0.5) is 0 Å². The number of likely N-dealkylation sites (N-methyl/N-ethyl adjacent to an activating group) is 1. The van der Waals surface area contributed by atoms with Crippen molar-refractivity contribution >= 4 is 27.5 Å². The van der Waals surface area contributed by atoms with Crippen molar-refractivity contribution in [2.75, 3.05) is 19.4 Å². The Balaban J connectivity index is 4.21. The van der Waals surface area contributed by atoms with Crippen molar-refractivity contribution < 1.29 is 9.90 Å². The molecule has 0 heterocycles. The smallest absolute Gasteiger partial charge is 0.238 e. The van der Waals surface area contributed by atoms with Crippen molar-refractivity contribution in [3.8, 4) is 0 Å². The van der Waals surface area contributed by atoms with Gasteiger partial charge in [0, 0.05) is 10.5 Å². The Hall–Kier alpha value is 0.0900. The molecule has 0 spiro atoms. The Bertz CT molecular complexity index is 265. The minimum absolute atomic E-state index is 0.0704. The number of aliphatic hydroxyl groups excluding tert-OH is 1. The third kappa shape index (κ3) is 8.24. The summed E-state index contributed by atoms with van der Waals surface area (Å²) in [5.41, 5.74) is -0.575. The van der Waals surface area contributed by atoms with Gasteiger partial charge in [0.05, 0.1) is 18.2 Å². The maximum Gasteiger partial charge on any atom is 0.238 e. The molecule has 1 unspecified atom stereocenters. The summed E-state index contributed by atoms with van der Waals surface area (Å²) >= 11 is 0. The number of hydrogen-bond donors (Lipinski definition) is 3. The second-order valence-corrected chi connectivity index (χ2v) is 9.02. The Labute approximate surface area is 118 Å². The van der Waals surface area contributed by atoms with Crippen LogP contribution in [-0.4, -0.2) is 46.7 Å². The SMILES string of the molecule is CNC(CSSC(C)(C)C)C(=O)NC(C)(C)CO. The Morgan fingerprint density at radius 2 is 1.83 bits per heavy atom. The first kappa shape index (κ1) is 18.1. The van der Waals surface area contributed by atoms with E-state index in [0.29, 0.717) is 5.75 Å². The molecule has 1 amide bonds. The largest absolute Gasteiger partial charge is 0.394 e. The molecule has 0 bridgehead atoms. The number of carbonyl (C=O) groups is 1. The molecule has 3 N–H and O–H groups in total. The summed E-state index contributed by atoms with van der Waals surface area (Å²) in [4.78, 5) is 12.0. The van der Waals surface area contributed by atoms with E-state index in [1.165, 1.54) is 0 Å². The molecule has 0 rings (SSSR count). The van der Waals surface area contributed by atoms with E-state index in [1.807, 2.05) is 0 Å². The second kappa shape index (κ2) is 7.62. The molecule has 18 heavy (non-hydrogen) atoms. The molecule has 1 atom stereocenters. The minimum atomic E-state index is -0.575. The predicted octanol–water partition coefficient (Wildman–Crippen LogP) is 1.64. The van der Waals surface area contributed by atoms with E-state index in [4.69, 9.17) is 5.11 Å². The fraction of sp³-hybridized carbons (Fsp3) is 0.917. The number of carbonyl (C=O) groups excluding carboxylic acids is 1. The van der Waals surface area contributed by atoms with Crippen LogP contribution in [0.1, 0.15) is 34.6 Å². The molecule has 0 saturated heterocycles. The van der Waals surface area contributed by atoms with Crippen LogP contribution in [-0.2, 0) is 4.79 Å². The number of amides is 1. The Kier molecular flexibility index (Phi) is 7.66. The third-order valence-corrected chi connectivity index (χ3v) is 5.41. The normalized spacial score (nSPS) is 14.4. The van der Waals surface area contributed by atoms with Crippen molar-refractivity contribution in [1.82, 2.24) is 10.6 Å². The molecule has 0 aromatic rings. The first-order valence-electron chi connectivity index (χ1n) is 6.02. The Morgan fingerprint density at radius 3 is 2.22 bits per heavy atom. The summed E-state index contributed by atoms with van der Waals surface area (Å²) in [6.45, 7) is 9.97. The lowest BCUT2D eigenvalue weighted by atomic mass is 10.1. The van der Waals surface area contributed by atoms with E-state index in [9.17, 15) is 4.79 Å². The van der Waals surface area contributed by atoms with Gasteiger partial charge in [0.25, 0.3) is 0 Å². The van der Waals surface area contributed by atoms with E-state index in [2.05, 4.69) is 31.4 Å². The average molecular weight is 294 g/mol. The highest BCUT2D eigenvalue weighted by atomic mass is 33.1. The lowest BCUT2D eigenvalue weighted by Crippen LogP contribution is -2.53. The van der Waals surface area contributed by atoms with Gasteiger partial charge in [-0.25, -0.2) is 0 Å². The molecule has 0 aromatic heterocycles. The fourth-order valence-electron chi connectivity index (χ4n) is 1.03. The van der Waals surface area contributed by atoms with Gasteiger partial charge in [0.2, 0.25) is 5.91 Å². The molecule has 0 aliphatic rings. The van der Waals surface area contributed by atoms with Gasteiger partial charge in [-0.15, -0.1) is 0 Å². The highest BCUT2D eigenvalue weighted by Gasteiger charge is 2.25. The van der Waals surface area contributed by atoms with Crippen LogP contribution in [0.25, 0.3) is 0 Å². The van der Waals surface area contributed by atoms with Gasteiger partial charge in [-0.3, -0.25) is 4.79 Å². The summed E-state index contributed by atoms with van der Waals surface area (Å²) < 4.78 is 0.184. The molecule has 0 aliphatic heterocycles. The Morgan fingerprint density at radius 1 is 1.28 bits per heavy atom. The van der Waals surface area contributed by atoms with Gasteiger partial charge in [-0.1, -0.05) is 42.4 Å². The predicted molar refractivity (Wildman–Crippen MR) is 82.0 cm³/mol. The van der Waals surface area contributed by atoms with Gasteiger partial charge in [0.1, 0.15) is 0 Å². The van der Waals surface area contributed by atoms with Crippen LogP contribution in [0, 0.1) is 0 Å². The van der Waals surface area contributed by atoms with Crippen LogP contribution < -0.4 is 10.6 Å². The van der Waals surface area contributed by atoms with Crippen molar-refractivity contribution in [1.29, 1.82) is 0 Å². The van der Waals surface area contributed by atoms with Gasteiger partial charge in [-0.2, -0.15) is 0 Å². The maximum atomic E-state index is 12.0. The van der Waals surface area contributed by atoms with Crippen LogP contribution in [0.5, 0.6) is 0 Å². The molecule has 0 saturated carbocycles. The quantitative estimate of drug-likeness (QED) is 0.623. The van der Waals surface area contributed by atoms with Gasteiger partial charge in [0.15, 0.2) is 0 Å². The summed E-state index contributed by atoms with van der Waals surface area (Å²) in [5, 5.41) is 15.0. The van der Waals surface area contributed by atoms with Gasteiger partial charge >= 0.3 is 0 Å². The van der Waals surface area contributed by atoms with E-state index < -0.39 is 5.54 Å². The number of aliphatic hydroxyl groups is 1. The lowest BCUT2D eigenvalue weighted by Gasteiger charge is -2.27. The molecule has 0 radical (unpaired) electrons. The van der Waals surface area contributed by atoms with Gasteiger partial charge < -0.3 is 15.7 Å². The summed E-state index contributed by atoms with van der Waals surface area (Å²) in [5.74, 6) is 0.629. The van der Waals surface area contributed by atoms with E-state index in [-0.39, 0.29) is 23.3 Å². The monoisotopic (exact) mass is 294 g/mol. The zero-order valence-corrected chi connectivity index (χ0v) is 13.8. The molecule has 0 fully saturated rings. The average Bonchev–Trinajstić information content (AvgIpc) is 2.22. The first-order chi connectivity index (χ1) is 8.11. The highest BCUT2D eigenvalue weighted by Crippen LogP contribution is 2.35. The molecular formula is C12H26N2O2S2.